The SMILES string of the molecule is O=C(O)N1CC2(C1)CN(C(=O)NCc1ccc(Cl)cc1Cl)C2. The van der Waals surface area contributed by atoms with Crippen LogP contribution in [-0.2, 0) is 6.54 Å². The van der Waals surface area contributed by atoms with Crippen molar-refractivity contribution < 1.29 is 14.7 Å². The number of carbonyl (C=O) groups is 2. The van der Waals surface area contributed by atoms with Gasteiger partial charge in [0.2, 0.25) is 0 Å². The van der Waals surface area contributed by atoms with Gasteiger partial charge in [0, 0.05) is 48.2 Å². The van der Waals surface area contributed by atoms with Crippen LogP contribution in [0.1, 0.15) is 5.56 Å². The lowest BCUT2D eigenvalue weighted by atomic mass is 9.73. The van der Waals surface area contributed by atoms with E-state index in [1.807, 2.05) is 0 Å². The zero-order valence-electron chi connectivity index (χ0n) is 11.7. The maximum atomic E-state index is 12.0. The average Bonchev–Trinajstić information content (AvgIpc) is 2.33. The van der Waals surface area contributed by atoms with Crippen molar-refractivity contribution in [2.45, 2.75) is 6.54 Å². The summed E-state index contributed by atoms with van der Waals surface area (Å²) in [5, 5.41) is 12.7. The Morgan fingerprint density at radius 2 is 1.82 bits per heavy atom. The van der Waals surface area contributed by atoms with Gasteiger partial charge in [0.25, 0.3) is 0 Å². The third-order valence-corrected chi connectivity index (χ3v) is 4.69. The van der Waals surface area contributed by atoms with E-state index >= 15 is 0 Å². The molecular formula is C14H15Cl2N3O3. The lowest BCUT2D eigenvalue weighted by Crippen LogP contribution is -2.74. The lowest BCUT2D eigenvalue weighted by Gasteiger charge is -2.59. The van der Waals surface area contributed by atoms with Crippen LogP contribution in [0.2, 0.25) is 10.0 Å². The topological polar surface area (TPSA) is 72.9 Å². The number of nitrogens with zero attached hydrogens (tertiary/aromatic N) is 2. The third-order valence-electron chi connectivity index (χ3n) is 4.11. The van der Waals surface area contributed by atoms with E-state index in [0.29, 0.717) is 42.8 Å². The summed E-state index contributed by atoms with van der Waals surface area (Å²) in [7, 11) is 0. The first-order chi connectivity index (χ1) is 10.4. The van der Waals surface area contributed by atoms with Crippen molar-refractivity contribution in [2.24, 2.45) is 5.41 Å². The molecule has 8 heteroatoms. The fourth-order valence-corrected chi connectivity index (χ4v) is 3.43. The maximum Gasteiger partial charge on any atom is 0.407 e. The van der Waals surface area contributed by atoms with Gasteiger partial charge in [-0.1, -0.05) is 29.3 Å². The number of halogens is 2. The van der Waals surface area contributed by atoms with Crippen molar-refractivity contribution in [3.05, 3.63) is 33.8 Å². The highest BCUT2D eigenvalue weighted by Gasteiger charge is 2.54. The second-order valence-electron chi connectivity index (χ2n) is 5.89. The predicted molar refractivity (Wildman–Crippen MR) is 82.3 cm³/mol. The second-order valence-corrected chi connectivity index (χ2v) is 6.73. The van der Waals surface area contributed by atoms with E-state index < -0.39 is 6.09 Å². The van der Waals surface area contributed by atoms with Crippen molar-refractivity contribution in [1.82, 2.24) is 15.1 Å². The molecule has 0 bridgehead atoms. The minimum Gasteiger partial charge on any atom is -0.465 e. The molecule has 118 valence electrons. The van der Waals surface area contributed by atoms with Crippen LogP contribution >= 0.6 is 23.2 Å². The van der Waals surface area contributed by atoms with Crippen LogP contribution in [0.4, 0.5) is 9.59 Å². The summed E-state index contributed by atoms with van der Waals surface area (Å²) in [6.07, 6.45) is -0.897. The standard InChI is InChI=1S/C14H15Cl2N3O3/c15-10-2-1-9(11(16)3-10)4-17-12(20)18-5-14(6-18)7-19(8-14)13(21)22/h1-3H,4-8H2,(H,17,20)(H,21,22). The largest absolute Gasteiger partial charge is 0.465 e. The number of nitrogens with one attached hydrogen (secondary N) is 1. The van der Waals surface area contributed by atoms with E-state index in [-0.39, 0.29) is 11.4 Å². The van der Waals surface area contributed by atoms with E-state index in [0.717, 1.165) is 5.56 Å². The normalized spacial score (nSPS) is 18.6. The monoisotopic (exact) mass is 343 g/mol. The minimum atomic E-state index is -0.897. The van der Waals surface area contributed by atoms with Gasteiger partial charge in [-0.25, -0.2) is 9.59 Å². The van der Waals surface area contributed by atoms with Gasteiger partial charge in [0.1, 0.15) is 0 Å². The highest BCUT2D eigenvalue weighted by molar-refractivity contribution is 6.35. The molecule has 2 fully saturated rings. The maximum absolute atomic E-state index is 12.0. The molecule has 1 spiro atoms. The van der Waals surface area contributed by atoms with E-state index in [9.17, 15) is 9.59 Å². The van der Waals surface area contributed by atoms with Crippen molar-refractivity contribution >= 4 is 35.3 Å². The Morgan fingerprint density at radius 3 is 2.41 bits per heavy atom. The molecule has 2 heterocycles. The number of hydrogen-bond acceptors (Lipinski definition) is 2. The molecular weight excluding hydrogens is 329 g/mol. The van der Waals surface area contributed by atoms with Crippen LogP contribution in [0, 0.1) is 5.41 Å². The van der Waals surface area contributed by atoms with E-state index in [2.05, 4.69) is 5.32 Å². The molecule has 0 radical (unpaired) electrons. The van der Waals surface area contributed by atoms with Crippen molar-refractivity contribution in [2.75, 3.05) is 26.2 Å². The van der Waals surface area contributed by atoms with E-state index in [4.69, 9.17) is 28.3 Å². The van der Waals surface area contributed by atoms with Gasteiger partial charge in [-0.2, -0.15) is 0 Å². The first kappa shape index (κ1) is 15.2. The zero-order chi connectivity index (χ0) is 15.9. The third kappa shape index (κ3) is 2.80. The van der Waals surface area contributed by atoms with Gasteiger partial charge in [-0.3, -0.25) is 0 Å². The minimum absolute atomic E-state index is 0.0341. The van der Waals surface area contributed by atoms with Gasteiger partial charge in [-0.05, 0) is 17.7 Å². The molecule has 2 aliphatic heterocycles. The molecule has 0 unspecified atom stereocenters. The van der Waals surface area contributed by atoms with Crippen molar-refractivity contribution in [3.63, 3.8) is 0 Å². The van der Waals surface area contributed by atoms with Gasteiger partial charge >= 0.3 is 12.1 Å². The van der Waals surface area contributed by atoms with Crippen LogP contribution in [0.3, 0.4) is 0 Å². The molecule has 1 aromatic rings. The molecule has 0 aliphatic carbocycles. The number of likely N-dealkylation sites (tertiary alicyclic amines) is 2. The number of urea groups is 1. The molecule has 0 saturated carbocycles. The summed E-state index contributed by atoms with van der Waals surface area (Å²) in [4.78, 5) is 25.8. The lowest BCUT2D eigenvalue weighted by molar-refractivity contribution is -0.0810. The fourth-order valence-electron chi connectivity index (χ4n) is 2.95. The molecule has 2 aliphatic rings. The highest BCUT2D eigenvalue weighted by Crippen LogP contribution is 2.39. The highest BCUT2D eigenvalue weighted by atomic mass is 35.5. The van der Waals surface area contributed by atoms with Crippen LogP contribution in [0.25, 0.3) is 0 Å². The average molecular weight is 344 g/mol. The summed E-state index contributed by atoms with van der Waals surface area (Å²) >= 11 is 11.9. The summed E-state index contributed by atoms with van der Waals surface area (Å²) in [6, 6.07) is 4.98. The quantitative estimate of drug-likeness (QED) is 0.866. The Bertz CT molecular complexity index is 624. The molecule has 2 saturated heterocycles. The van der Waals surface area contributed by atoms with Gasteiger partial charge in [0.15, 0.2) is 0 Å². The number of carboxylic acid groups (broad SMARTS) is 1. The Hall–Kier alpha value is -1.66. The number of carbonyl (C=O) groups excluding carboxylic acids is 1. The van der Waals surface area contributed by atoms with Gasteiger partial charge < -0.3 is 20.2 Å². The summed E-state index contributed by atoms with van der Waals surface area (Å²) < 4.78 is 0. The number of benzene rings is 1. The molecule has 2 N–H and O–H groups in total. The zero-order valence-corrected chi connectivity index (χ0v) is 13.2. The summed E-state index contributed by atoms with van der Waals surface area (Å²) in [5.74, 6) is 0. The van der Waals surface area contributed by atoms with E-state index in [1.54, 1.807) is 23.1 Å². The number of amides is 3. The van der Waals surface area contributed by atoms with Crippen molar-refractivity contribution in [1.29, 1.82) is 0 Å². The first-order valence-corrected chi connectivity index (χ1v) is 7.59. The number of rotatable bonds is 2. The molecule has 3 amide bonds. The first-order valence-electron chi connectivity index (χ1n) is 6.83. The summed E-state index contributed by atoms with van der Waals surface area (Å²) in [5.41, 5.74) is 0.767. The van der Waals surface area contributed by atoms with Crippen LogP contribution < -0.4 is 5.32 Å². The Kier molecular flexibility index (Phi) is 3.82. The Balaban J connectivity index is 1.46. The molecule has 22 heavy (non-hydrogen) atoms. The van der Waals surface area contributed by atoms with Gasteiger partial charge in [0.05, 0.1) is 0 Å². The summed E-state index contributed by atoms with van der Waals surface area (Å²) in [6.45, 7) is 2.54. The van der Waals surface area contributed by atoms with Crippen molar-refractivity contribution in [3.8, 4) is 0 Å². The van der Waals surface area contributed by atoms with Crippen LogP contribution in [0.5, 0.6) is 0 Å². The predicted octanol–water partition coefficient (Wildman–Crippen LogP) is 2.50. The van der Waals surface area contributed by atoms with Crippen LogP contribution in [-0.4, -0.2) is 53.2 Å². The molecule has 3 rings (SSSR count). The van der Waals surface area contributed by atoms with Gasteiger partial charge in [-0.15, -0.1) is 0 Å². The Labute approximate surface area is 137 Å². The molecule has 6 nitrogen and oxygen atoms in total. The molecule has 1 aromatic carbocycles. The van der Waals surface area contributed by atoms with E-state index in [1.165, 1.54) is 4.90 Å². The number of hydrogen-bond donors (Lipinski definition) is 2. The smallest absolute Gasteiger partial charge is 0.407 e. The molecule has 0 aromatic heterocycles. The molecule has 0 atom stereocenters. The second kappa shape index (κ2) is 5.52. The Morgan fingerprint density at radius 1 is 1.18 bits per heavy atom. The van der Waals surface area contributed by atoms with Crippen LogP contribution in [0.15, 0.2) is 18.2 Å². The fraction of sp³-hybridized carbons (Fsp3) is 0.429.